The quantitative estimate of drug-likeness (QED) is 0.754. The number of aryl methyl sites for hydroxylation is 3. The maximum Gasteiger partial charge on any atom is 0.261 e. The molecule has 0 bridgehead atoms. The number of pyridine rings is 1. The van der Waals surface area contributed by atoms with Crippen LogP contribution in [0.25, 0.3) is 11.3 Å². The minimum Gasteiger partial charge on any atom is -0.365 e. The summed E-state index contributed by atoms with van der Waals surface area (Å²) in [7, 11) is 0. The van der Waals surface area contributed by atoms with E-state index in [2.05, 4.69) is 15.3 Å². The summed E-state index contributed by atoms with van der Waals surface area (Å²) in [6.07, 6.45) is 0. The largest absolute Gasteiger partial charge is 0.365 e. The number of amides is 1. The molecular formula is C18H18N4OS. The summed E-state index contributed by atoms with van der Waals surface area (Å²) in [5.41, 5.74) is 10.2. The van der Waals surface area contributed by atoms with Gasteiger partial charge in [0.05, 0.1) is 5.69 Å². The number of nitrogens with two attached hydrogens (primary N) is 1. The van der Waals surface area contributed by atoms with Crippen LogP contribution >= 0.6 is 11.3 Å². The fourth-order valence-electron chi connectivity index (χ4n) is 2.62. The molecular weight excluding hydrogens is 320 g/mol. The summed E-state index contributed by atoms with van der Waals surface area (Å²) in [4.78, 5) is 21.3. The summed E-state index contributed by atoms with van der Waals surface area (Å²) < 4.78 is 0. The Kier molecular flexibility index (Phi) is 4.31. The lowest BCUT2D eigenvalue weighted by atomic mass is 9.99. The number of aromatic nitrogens is 2. The third-order valence-corrected chi connectivity index (χ3v) is 4.68. The van der Waals surface area contributed by atoms with Crippen LogP contribution in [0.5, 0.6) is 0 Å². The maximum atomic E-state index is 11.9. The molecule has 0 radical (unpaired) electrons. The third-order valence-electron chi connectivity index (χ3n) is 3.69. The number of benzene rings is 1. The molecule has 0 aliphatic heterocycles. The molecule has 2 aromatic heterocycles. The van der Waals surface area contributed by atoms with Crippen LogP contribution in [0.4, 0.5) is 10.9 Å². The van der Waals surface area contributed by atoms with Crippen molar-refractivity contribution in [3.63, 3.8) is 0 Å². The van der Waals surface area contributed by atoms with Crippen LogP contribution in [-0.4, -0.2) is 15.9 Å². The first kappa shape index (κ1) is 16.1. The van der Waals surface area contributed by atoms with Crippen LogP contribution in [0.2, 0.25) is 0 Å². The molecule has 0 fully saturated rings. The minimum absolute atomic E-state index is 0.447. The predicted molar refractivity (Wildman–Crippen MR) is 97.8 cm³/mol. The van der Waals surface area contributed by atoms with Crippen LogP contribution in [-0.2, 0) is 0 Å². The van der Waals surface area contributed by atoms with E-state index in [1.165, 1.54) is 11.3 Å². The molecule has 0 saturated carbocycles. The van der Waals surface area contributed by atoms with Gasteiger partial charge in [-0.15, -0.1) is 0 Å². The van der Waals surface area contributed by atoms with Gasteiger partial charge in [0.25, 0.3) is 5.91 Å². The Morgan fingerprint density at radius 2 is 1.71 bits per heavy atom. The van der Waals surface area contributed by atoms with E-state index in [0.29, 0.717) is 21.5 Å². The van der Waals surface area contributed by atoms with Crippen LogP contribution in [0, 0.1) is 20.8 Å². The lowest BCUT2D eigenvalue weighted by Crippen LogP contribution is -2.10. The number of primary amides is 1. The van der Waals surface area contributed by atoms with Gasteiger partial charge in [0, 0.05) is 11.3 Å². The highest BCUT2D eigenvalue weighted by molar-refractivity contribution is 7.18. The van der Waals surface area contributed by atoms with Crippen molar-refractivity contribution in [2.75, 3.05) is 5.32 Å². The normalized spacial score (nSPS) is 10.6. The van der Waals surface area contributed by atoms with E-state index in [-0.39, 0.29) is 0 Å². The number of hydrogen-bond donors (Lipinski definition) is 2. The molecule has 5 nitrogen and oxygen atoms in total. The number of rotatable bonds is 4. The fourth-order valence-corrected chi connectivity index (χ4v) is 3.45. The second kappa shape index (κ2) is 6.41. The van der Waals surface area contributed by atoms with Gasteiger partial charge in [0.2, 0.25) is 0 Å². The topological polar surface area (TPSA) is 80.9 Å². The van der Waals surface area contributed by atoms with Gasteiger partial charge in [-0.3, -0.25) is 4.79 Å². The first-order chi connectivity index (χ1) is 11.5. The van der Waals surface area contributed by atoms with Gasteiger partial charge in [-0.1, -0.05) is 35.6 Å². The molecule has 0 unspecified atom stereocenters. The van der Waals surface area contributed by atoms with Crippen LogP contribution in [0.15, 0.2) is 36.4 Å². The molecule has 3 rings (SSSR count). The van der Waals surface area contributed by atoms with Gasteiger partial charge in [-0.25, -0.2) is 9.97 Å². The number of carbonyl (C=O) groups excluding carboxylic acids is 1. The highest BCUT2D eigenvalue weighted by Crippen LogP contribution is 2.35. The van der Waals surface area contributed by atoms with Crippen LogP contribution in [0.3, 0.4) is 0 Å². The van der Waals surface area contributed by atoms with Crippen molar-refractivity contribution in [1.29, 1.82) is 0 Å². The van der Waals surface area contributed by atoms with Gasteiger partial charge < -0.3 is 11.1 Å². The molecule has 0 atom stereocenters. The smallest absolute Gasteiger partial charge is 0.261 e. The summed E-state index contributed by atoms with van der Waals surface area (Å²) in [5.74, 6) is 0.211. The van der Waals surface area contributed by atoms with Crippen LogP contribution in [0.1, 0.15) is 26.5 Å². The standard InChI is InChI=1S/C18H18N4OS/c1-10-6-4-7-11(2)14(10)15-16(17(19)23)24-18(22-15)21-13-9-5-8-12(3)20-13/h4-9H,1-3H3,(H2,19,23)(H,20,21,22). The molecule has 2 heterocycles. The first-order valence-corrected chi connectivity index (χ1v) is 8.35. The number of hydrogen-bond acceptors (Lipinski definition) is 5. The van der Waals surface area contributed by atoms with E-state index >= 15 is 0 Å². The fraction of sp³-hybridized carbons (Fsp3) is 0.167. The maximum absolute atomic E-state index is 11.9. The van der Waals surface area contributed by atoms with Gasteiger partial charge in [0.1, 0.15) is 10.7 Å². The lowest BCUT2D eigenvalue weighted by Gasteiger charge is -2.08. The first-order valence-electron chi connectivity index (χ1n) is 7.53. The molecule has 24 heavy (non-hydrogen) atoms. The monoisotopic (exact) mass is 338 g/mol. The van der Waals surface area contributed by atoms with Crippen molar-refractivity contribution in [2.24, 2.45) is 5.73 Å². The van der Waals surface area contributed by atoms with Crippen LogP contribution < -0.4 is 11.1 Å². The van der Waals surface area contributed by atoms with Gasteiger partial charge in [0.15, 0.2) is 5.13 Å². The molecule has 0 saturated heterocycles. The SMILES string of the molecule is Cc1cccc(Nc2nc(-c3c(C)cccc3C)c(C(N)=O)s2)n1. The number of thiazole rings is 1. The highest BCUT2D eigenvalue weighted by atomic mass is 32.1. The average Bonchev–Trinajstić information content (AvgIpc) is 2.91. The Morgan fingerprint density at radius 1 is 1.04 bits per heavy atom. The molecule has 0 aliphatic rings. The van der Waals surface area contributed by atoms with E-state index in [1.807, 2.05) is 57.2 Å². The third kappa shape index (κ3) is 3.14. The van der Waals surface area contributed by atoms with Crippen molar-refractivity contribution in [3.05, 3.63) is 58.1 Å². The van der Waals surface area contributed by atoms with Gasteiger partial charge in [-0.05, 0) is 44.0 Å². The summed E-state index contributed by atoms with van der Waals surface area (Å²) >= 11 is 1.24. The molecule has 0 spiro atoms. The molecule has 1 amide bonds. The lowest BCUT2D eigenvalue weighted by molar-refractivity contribution is 0.100. The number of anilines is 2. The summed E-state index contributed by atoms with van der Waals surface area (Å²) in [5, 5.41) is 3.75. The second-order valence-corrected chi connectivity index (χ2v) is 6.62. The van der Waals surface area contributed by atoms with E-state index in [0.717, 1.165) is 22.4 Å². The van der Waals surface area contributed by atoms with Crippen molar-refractivity contribution in [3.8, 4) is 11.3 Å². The Morgan fingerprint density at radius 3 is 2.33 bits per heavy atom. The Balaban J connectivity index is 2.07. The molecule has 122 valence electrons. The zero-order chi connectivity index (χ0) is 17.3. The van der Waals surface area contributed by atoms with E-state index in [1.54, 1.807) is 0 Å². The molecule has 3 N–H and O–H groups in total. The molecule has 6 heteroatoms. The summed E-state index contributed by atoms with van der Waals surface area (Å²) in [6, 6.07) is 11.7. The number of nitrogens with zero attached hydrogens (tertiary/aromatic N) is 2. The number of nitrogens with one attached hydrogen (secondary N) is 1. The predicted octanol–water partition coefficient (Wildman–Crippen LogP) is 3.97. The molecule has 1 aromatic carbocycles. The van der Waals surface area contributed by atoms with Crippen molar-refractivity contribution < 1.29 is 4.79 Å². The Labute approximate surface area is 144 Å². The van der Waals surface area contributed by atoms with Crippen molar-refractivity contribution in [1.82, 2.24) is 9.97 Å². The summed E-state index contributed by atoms with van der Waals surface area (Å²) in [6.45, 7) is 5.92. The molecule has 0 aliphatic carbocycles. The highest BCUT2D eigenvalue weighted by Gasteiger charge is 2.20. The Hall–Kier alpha value is -2.73. The Bertz CT molecular complexity index is 897. The zero-order valence-electron chi connectivity index (χ0n) is 13.8. The van der Waals surface area contributed by atoms with Crippen molar-refractivity contribution in [2.45, 2.75) is 20.8 Å². The van der Waals surface area contributed by atoms with E-state index in [9.17, 15) is 4.79 Å². The zero-order valence-corrected chi connectivity index (χ0v) is 14.6. The van der Waals surface area contributed by atoms with Gasteiger partial charge >= 0.3 is 0 Å². The second-order valence-electron chi connectivity index (χ2n) is 5.62. The van der Waals surface area contributed by atoms with Gasteiger partial charge in [-0.2, -0.15) is 0 Å². The van der Waals surface area contributed by atoms with E-state index in [4.69, 9.17) is 5.73 Å². The molecule has 3 aromatic rings. The van der Waals surface area contributed by atoms with E-state index < -0.39 is 5.91 Å². The van der Waals surface area contributed by atoms with Crippen molar-refractivity contribution >= 4 is 28.2 Å². The number of carbonyl (C=O) groups is 1. The average molecular weight is 338 g/mol. The minimum atomic E-state index is -0.476.